The summed E-state index contributed by atoms with van der Waals surface area (Å²) >= 11 is 0. The first kappa shape index (κ1) is 23.2. The number of pyridine rings is 2. The van der Waals surface area contributed by atoms with Crippen molar-refractivity contribution in [2.24, 2.45) is 0 Å². The Morgan fingerprint density at radius 3 is 2.36 bits per heavy atom. The van der Waals surface area contributed by atoms with Crippen LogP contribution in [0.25, 0.3) is 0 Å². The van der Waals surface area contributed by atoms with Crippen molar-refractivity contribution in [3.05, 3.63) is 77.1 Å². The minimum absolute atomic E-state index is 0.0340. The number of anilines is 2. The lowest BCUT2D eigenvalue weighted by Gasteiger charge is -2.12. The molecule has 0 bridgehead atoms. The number of benzene rings is 1. The molecule has 0 spiro atoms. The smallest absolute Gasteiger partial charge is 0.341 e. The van der Waals surface area contributed by atoms with Crippen molar-refractivity contribution >= 4 is 29.3 Å². The number of aromatic nitrogens is 2. The van der Waals surface area contributed by atoms with Crippen molar-refractivity contribution in [2.75, 3.05) is 24.7 Å². The van der Waals surface area contributed by atoms with E-state index < -0.39 is 11.9 Å². The standard InChI is InChI=1S/C23H24N6O4/c1-2-32-23(31)18-13-17(19(24)28-21(18)26)20(25)29-22(30)15-3-5-16(6-4-15)33-12-9-14-7-10-27-11-8-14/h3-8,10-11,13H,2,9,12H2,1H3,(H4,24,26,28)(H2,25,29,30). The monoisotopic (exact) mass is 448 g/mol. The Balaban J connectivity index is 1.62. The number of nitrogens with two attached hydrogens (primary N) is 2. The number of esters is 1. The Labute approximate surface area is 190 Å². The zero-order chi connectivity index (χ0) is 23.8. The lowest BCUT2D eigenvalue weighted by molar-refractivity contribution is 0.0527. The summed E-state index contributed by atoms with van der Waals surface area (Å²) in [4.78, 5) is 32.4. The van der Waals surface area contributed by atoms with Gasteiger partial charge < -0.3 is 26.3 Å². The quantitative estimate of drug-likeness (QED) is 0.231. The number of hydrogen-bond donors (Lipinski definition) is 4. The van der Waals surface area contributed by atoms with E-state index in [1.54, 1.807) is 43.6 Å². The van der Waals surface area contributed by atoms with E-state index in [0.717, 1.165) is 12.0 Å². The normalized spacial score (nSPS) is 10.3. The number of nitrogen functional groups attached to an aromatic ring is 2. The van der Waals surface area contributed by atoms with Gasteiger partial charge in [-0.1, -0.05) is 0 Å². The van der Waals surface area contributed by atoms with Crippen LogP contribution in [0.5, 0.6) is 5.75 Å². The van der Waals surface area contributed by atoms with Crippen molar-refractivity contribution in [2.45, 2.75) is 13.3 Å². The number of nitrogens with one attached hydrogen (secondary N) is 2. The molecular weight excluding hydrogens is 424 g/mol. The Hall–Kier alpha value is -4.47. The highest BCUT2D eigenvalue weighted by molar-refractivity contribution is 6.14. The van der Waals surface area contributed by atoms with Crippen LogP contribution in [0.1, 0.15) is 38.8 Å². The molecule has 33 heavy (non-hydrogen) atoms. The summed E-state index contributed by atoms with van der Waals surface area (Å²) in [5, 5.41) is 10.6. The Bertz CT molecular complexity index is 1150. The molecule has 0 saturated heterocycles. The van der Waals surface area contributed by atoms with Gasteiger partial charge in [0.25, 0.3) is 5.91 Å². The highest BCUT2D eigenvalue weighted by Gasteiger charge is 2.19. The van der Waals surface area contributed by atoms with Crippen molar-refractivity contribution in [3.63, 3.8) is 0 Å². The zero-order valence-corrected chi connectivity index (χ0v) is 18.0. The molecule has 3 rings (SSSR count). The number of hydrogen-bond acceptors (Lipinski definition) is 9. The summed E-state index contributed by atoms with van der Waals surface area (Å²) in [6.45, 7) is 2.28. The molecule has 0 unspecified atom stereocenters. The molecule has 1 amide bonds. The third-order valence-electron chi connectivity index (χ3n) is 4.61. The first-order valence-electron chi connectivity index (χ1n) is 10.1. The van der Waals surface area contributed by atoms with Gasteiger partial charge in [0.05, 0.1) is 18.8 Å². The first-order chi connectivity index (χ1) is 15.9. The van der Waals surface area contributed by atoms with Gasteiger partial charge in [0.1, 0.15) is 28.8 Å². The molecule has 0 aliphatic rings. The second-order valence-electron chi connectivity index (χ2n) is 6.88. The predicted octanol–water partition coefficient (Wildman–Crippen LogP) is 2.19. The van der Waals surface area contributed by atoms with E-state index >= 15 is 0 Å². The van der Waals surface area contributed by atoms with Gasteiger partial charge in [-0.2, -0.15) is 0 Å². The van der Waals surface area contributed by atoms with Gasteiger partial charge in [0.2, 0.25) is 0 Å². The van der Waals surface area contributed by atoms with Crippen LogP contribution in [0.2, 0.25) is 0 Å². The fourth-order valence-electron chi connectivity index (χ4n) is 2.91. The average molecular weight is 448 g/mol. The van der Waals surface area contributed by atoms with Crippen LogP contribution in [-0.4, -0.2) is 40.9 Å². The summed E-state index contributed by atoms with van der Waals surface area (Å²) in [5.74, 6) is -1.15. The number of rotatable bonds is 8. The Morgan fingerprint density at radius 1 is 1.03 bits per heavy atom. The number of amidine groups is 1. The molecular formula is C23H24N6O4. The SMILES string of the molecule is CCOC(=O)c1cc(C(=N)NC(=O)c2ccc(OCCc3ccncc3)cc2)c(N)nc1N. The zero-order valence-electron chi connectivity index (χ0n) is 18.0. The minimum Gasteiger partial charge on any atom is -0.493 e. The topological polar surface area (TPSA) is 166 Å². The van der Waals surface area contributed by atoms with Crippen molar-refractivity contribution < 1.29 is 19.1 Å². The molecule has 10 heteroatoms. The van der Waals surface area contributed by atoms with Crippen LogP contribution >= 0.6 is 0 Å². The molecule has 2 aromatic heterocycles. The summed E-state index contributed by atoms with van der Waals surface area (Å²) in [6, 6.07) is 11.6. The second-order valence-corrected chi connectivity index (χ2v) is 6.88. The second kappa shape index (κ2) is 10.7. The van der Waals surface area contributed by atoms with Gasteiger partial charge >= 0.3 is 5.97 Å². The third-order valence-corrected chi connectivity index (χ3v) is 4.61. The molecule has 6 N–H and O–H groups in total. The van der Waals surface area contributed by atoms with Crippen molar-refractivity contribution in [3.8, 4) is 5.75 Å². The van der Waals surface area contributed by atoms with Crippen LogP contribution in [0, 0.1) is 5.41 Å². The Kier molecular flexibility index (Phi) is 7.53. The number of ether oxygens (including phenoxy) is 2. The van der Waals surface area contributed by atoms with Crippen LogP contribution in [0.15, 0.2) is 54.9 Å². The van der Waals surface area contributed by atoms with Crippen LogP contribution in [0.4, 0.5) is 11.6 Å². The molecule has 0 atom stereocenters. The van der Waals surface area contributed by atoms with Crippen LogP contribution in [-0.2, 0) is 11.2 Å². The number of amides is 1. The van der Waals surface area contributed by atoms with Gasteiger partial charge in [-0.3, -0.25) is 15.2 Å². The van der Waals surface area contributed by atoms with Gasteiger partial charge in [0, 0.05) is 24.4 Å². The summed E-state index contributed by atoms with van der Waals surface area (Å²) in [5.41, 5.74) is 13.0. The summed E-state index contributed by atoms with van der Waals surface area (Å²) in [7, 11) is 0. The van der Waals surface area contributed by atoms with E-state index in [1.807, 2.05) is 12.1 Å². The Morgan fingerprint density at radius 2 is 1.70 bits per heavy atom. The number of nitrogens with zero attached hydrogens (tertiary/aromatic N) is 2. The maximum Gasteiger partial charge on any atom is 0.341 e. The molecule has 0 aliphatic heterocycles. The lowest BCUT2D eigenvalue weighted by Crippen LogP contribution is -2.31. The van der Waals surface area contributed by atoms with Gasteiger partial charge in [-0.25, -0.2) is 9.78 Å². The molecule has 0 radical (unpaired) electrons. The fourth-order valence-corrected chi connectivity index (χ4v) is 2.91. The van der Waals surface area contributed by atoms with E-state index in [2.05, 4.69) is 15.3 Å². The van der Waals surface area contributed by atoms with Crippen molar-refractivity contribution in [1.29, 1.82) is 5.41 Å². The van der Waals surface area contributed by atoms with Gasteiger partial charge in [0.15, 0.2) is 0 Å². The van der Waals surface area contributed by atoms with E-state index in [4.69, 9.17) is 26.4 Å². The average Bonchev–Trinajstić information content (AvgIpc) is 2.80. The van der Waals surface area contributed by atoms with Gasteiger partial charge in [-0.05, 0) is 55.0 Å². The van der Waals surface area contributed by atoms with E-state index in [9.17, 15) is 9.59 Å². The van der Waals surface area contributed by atoms with E-state index in [0.29, 0.717) is 17.9 Å². The summed E-state index contributed by atoms with van der Waals surface area (Å²) < 4.78 is 10.6. The maximum atomic E-state index is 12.6. The van der Waals surface area contributed by atoms with Crippen LogP contribution < -0.4 is 21.5 Å². The predicted molar refractivity (Wildman–Crippen MR) is 123 cm³/mol. The van der Waals surface area contributed by atoms with Crippen LogP contribution in [0.3, 0.4) is 0 Å². The molecule has 10 nitrogen and oxygen atoms in total. The molecule has 170 valence electrons. The number of carbonyl (C=O) groups is 2. The molecule has 0 fully saturated rings. The number of carbonyl (C=O) groups excluding carboxylic acids is 2. The molecule has 0 saturated carbocycles. The third kappa shape index (κ3) is 6.03. The molecule has 2 heterocycles. The summed E-state index contributed by atoms with van der Waals surface area (Å²) in [6.07, 6.45) is 4.19. The highest BCUT2D eigenvalue weighted by atomic mass is 16.5. The maximum absolute atomic E-state index is 12.6. The molecule has 3 aromatic rings. The molecule has 0 aliphatic carbocycles. The lowest BCUT2D eigenvalue weighted by atomic mass is 10.1. The minimum atomic E-state index is -0.692. The largest absolute Gasteiger partial charge is 0.493 e. The first-order valence-corrected chi connectivity index (χ1v) is 10.1. The van der Waals surface area contributed by atoms with Gasteiger partial charge in [-0.15, -0.1) is 0 Å². The molecule has 1 aromatic carbocycles. The van der Waals surface area contributed by atoms with E-state index in [1.165, 1.54) is 6.07 Å². The highest BCUT2D eigenvalue weighted by Crippen LogP contribution is 2.19. The fraction of sp³-hybridized carbons (Fsp3) is 0.174. The van der Waals surface area contributed by atoms with Crippen molar-refractivity contribution in [1.82, 2.24) is 15.3 Å². The van der Waals surface area contributed by atoms with E-state index in [-0.39, 0.29) is 35.2 Å².